The molecule has 1 amide bonds. The van der Waals surface area contributed by atoms with Crippen LogP contribution in [0, 0.1) is 11.3 Å². The Labute approximate surface area is 126 Å². The Kier molecular flexibility index (Phi) is 3.95. The number of piperidine rings is 1. The number of carbonyl (C=O) groups is 2. The zero-order chi connectivity index (χ0) is 15.0. The van der Waals surface area contributed by atoms with Crippen molar-refractivity contribution in [3.8, 4) is 0 Å². The van der Waals surface area contributed by atoms with Crippen molar-refractivity contribution in [3.63, 3.8) is 0 Å². The predicted octanol–water partition coefficient (Wildman–Crippen LogP) is 1.57. The number of amides is 1. The van der Waals surface area contributed by atoms with Gasteiger partial charge in [0.1, 0.15) is 0 Å². The molecule has 5 nitrogen and oxygen atoms in total. The molecule has 0 bridgehead atoms. The van der Waals surface area contributed by atoms with Crippen LogP contribution in [0.15, 0.2) is 0 Å². The summed E-state index contributed by atoms with van der Waals surface area (Å²) in [6.45, 7) is 4.72. The number of nitrogens with zero attached hydrogens (tertiary/aromatic N) is 2. The van der Waals surface area contributed by atoms with Gasteiger partial charge >= 0.3 is 5.97 Å². The number of aliphatic carboxylic acids is 1. The molecule has 0 spiro atoms. The van der Waals surface area contributed by atoms with Gasteiger partial charge in [-0.25, -0.2) is 0 Å². The first kappa shape index (κ1) is 14.8. The Balaban J connectivity index is 1.62. The number of carbonyl (C=O) groups excluding carboxylic acids is 1. The number of hydrogen-bond donors (Lipinski definition) is 1. The van der Waals surface area contributed by atoms with Gasteiger partial charge in [0.2, 0.25) is 5.91 Å². The number of hydrogen-bond acceptors (Lipinski definition) is 3. The third-order valence-electron chi connectivity index (χ3n) is 5.85. The van der Waals surface area contributed by atoms with E-state index >= 15 is 0 Å². The molecule has 1 unspecified atom stereocenters. The van der Waals surface area contributed by atoms with Gasteiger partial charge in [-0.1, -0.05) is 6.42 Å². The van der Waals surface area contributed by atoms with Crippen LogP contribution in [-0.2, 0) is 9.59 Å². The standard InChI is InChI=1S/C16H26N2O3/c1-12-5-2-3-8-18(12)14(19)10-17-9-13-6-4-7-16(13,11-17)15(20)21/h12-13H,2-11H2,1H3,(H,20,21)/t12?,13-,16+/m0/s1. The summed E-state index contributed by atoms with van der Waals surface area (Å²) in [4.78, 5) is 28.2. The van der Waals surface area contributed by atoms with Crippen LogP contribution in [0.25, 0.3) is 0 Å². The first-order valence-electron chi connectivity index (χ1n) is 8.28. The number of likely N-dealkylation sites (tertiary alicyclic amines) is 2. The second-order valence-electron chi connectivity index (χ2n) is 7.15. The quantitative estimate of drug-likeness (QED) is 0.858. The lowest BCUT2D eigenvalue weighted by Crippen LogP contribution is -2.47. The van der Waals surface area contributed by atoms with Gasteiger partial charge in [0, 0.05) is 25.7 Å². The van der Waals surface area contributed by atoms with Gasteiger partial charge in [0.05, 0.1) is 12.0 Å². The van der Waals surface area contributed by atoms with E-state index in [0.717, 1.165) is 45.2 Å². The molecule has 5 heteroatoms. The van der Waals surface area contributed by atoms with Crippen LogP contribution >= 0.6 is 0 Å². The highest BCUT2D eigenvalue weighted by molar-refractivity contribution is 5.80. The van der Waals surface area contributed by atoms with E-state index in [1.165, 1.54) is 6.42 Å². The molecule has 0 radical (unpaired) electrons. The summed E-state index contributed by atoms with van der Waals surface area (Å²) in [7, 11) is 0. The fourth-order valence-electron chi connectivity index (χ4n) is 4.61. The molecule has 0 aromatic heterocycles. The molecule has 0 aromatic carbocycles. The highest BCUT2D eigenvalue weighted by Gasteiger charge is 2.54. The normalized spacial score (nSPS) is 36.7. The molecule has 118 valence electrons. The van der Waals surface area contributed by atoms with Crippen LogP contribution in [0.3, 0.4) is 0 Å². The highest BCUT2D eigenvalue weighted by atomic mass is 16.4. The monoisotopic (exact) mass is 294 g/mol. The van der Waals surface area contributed by atoms with Gasteiger partial charge in [-0.15, -0.1) is 0 Å². The number of carboxylic acid groups (broad SMARTS) is 1. The lowest BCUT2D eigenvalue weighted by atomic mass is 9.81. The van der Waals surface area contributed by atoms with Crippen LogP contribution in [0.2, 0.25) is 0 Å². The molecule has 2 heterocycles. The maximum absolute atomic E-state index is 12.5. The summed E-state index contributed by atoms with van der Waals surface area (Å²) in [6, 6.07) is 0.335. The average Bonchev–Trinajstić information content (AvgIpc) is 2.96. The van der Waals surface area contributed by atoms with E-state index in [2.05, 4.69) is 11.8 Å². The van der Waals surface area contributed by atoms with E-state index in [-0.39, 0.29) is 11.8 Å². The van der Waals surface area contributed by atoms with Crippen LogP contribution in [0.1, 0.15) is 45.4 Å². The van der Waals surface area contributed by atoms with E-state index in [0.29, 0.717) is 19.1 Å². The second kappa shape index (κ2) is 5.59. The van der Waals surface area contributed by atoms with Gasteiger partial charge < -0.3 is 10.0 Å². The minimum absolute atomic E-state index is 0.183. The topological polar surface area (TPSA) is 60.9 Å². The van der Waals surface area contributed by atoms with E-state index in [1.54, 1.807) is 0 Å². The van der Waals surface area contributed by atoms with E-state index < -0.39 is 11.4 Å². The molecule has 1 N–H and O–H groups in total. The minimum atomic E-state index is -0.661. The van der Waals surface area contributed by atoms with Crippen molar-refractivity contribution in [3.05, 3.63) is 0 Å². The maximum atomic E-state index is 12.5. The number of rotatable bonds is 3. The molecule has 3 aliphatic rings. The van der Waals surface area contributed by atoms with E-state index in [4.69, 9.17) is 0 Å². The maximum Gasteiger partial charge on any atom is 0.311 e. The Morgan fingerprint density at radius 3 is 2.71 bits per heavy atom. The molecule has 2 saturated heterocycles. The van der Waals surface area contributed by atoms with Crippen molar-refractivity contribution >= 4 is 11.9 Å². The number of fused-ring (bicyclic) bond motifs is 1. The first-order chi connectivity index (χ1) is 10.0. The molecule has 1 saturated carbocycles. The van der Waals surface area contributed by atoms with Crippen LogP contribution in [-0.4, -0.2) is 59.0 Å². The van der Waals surface area contributed by atoms with Crippen LogP contribution in [0.4, 0.5) is 0 Å². The Bertz CT molecular complexity index is 439. The van der Waals surface area contributed by atoms with Gasteiger partial charge in [0.25, 0.3) is 0 Å². The summed E-state index contributed by atoms with van der Waals surface area (Å²) in [6.07, 6.45) is 6.18. The first-order valence-corrected chi connectivity index (χ1v) is 8.28. The molecule has 3 fully saturated rings. The van der Waals surface area contributed by atoms with E-state index in [9.17, 15) is 14.7 Å². The van der Waals surface area contributed by atoms with Crippen LogP contribution < -0.4 is 0 Å². The highest BCUT2D eigenvalue weighted by Crippen LogP contribution is 2.48. The van der Waals surface area contributed by atoms with Crippen molar-refractivity contribution in [2.24, 2.45) is 11.3 Å². The van der Waals surface area contributed by atoms with Crippen molar-refractivity contribution in [1.29, 1.82) is 0 Å². The largest absolute Gasteiger partial charge is 0.481 e. The molecule has 2 aliphatic heterocycles. The summed E-state index contributed by atoms with van der Waals surface area (Å²) < 4.78 is 0. The number of carboxylic acids is 1. The lowest BCUT2D eigenvalue weighted by molar-refractivity contribution is -0.149. The summed E-state index contributed by atoms with van der Waals surface area (Å²) >= 11 is 0. The molecular weight excluding hydrogens is 268 g/mol. The van der Waals surface area contributed by atoms with Gasteiger partial charge in [0.15, 0.2) is 0 Å². The SMILES string of the molecule is CC1CCCCN1C(=O)CN1C[C@@H]2CCC[C@@]2(C(=O)O)C1. The third kappa shape index (κ3) is 2.56. The molecule has 3 rings (SSSR count). The fraction of sp³-hybridized carbons (Fsp3) is 0.875. The summed E-state index contributed by atoms with van der Waals surface area (Å²) in [5, 5.41) is 9.59. The fourth-order valence-corrected chi connectivity index (χ4v) is 4.61. The Hall–Kier alpha value is -1.10. The van der Waals surface area contributed by atoms with Crippen molar-refractivity contribution in [2.75, 3.05) is 26.2 Å². The smallest absolute Gasteiger partial charge is 0.311 e. The molecule has 1 aliphatic carbocycles. The summed E-state index contributed by atoms with van der Waals surface area (Å²) in [5.41, 5.74) is -0.576. The van der Waals surface area contributed by atoms with Gasteiger partial charge in [-0.05, 0) is 44.9 Å². The second-order valence-corrected chi connectivity index (χ2v) is 7.15. The zero-order valence-corrected chi connectivity index (χ0v) is 12.9. The molecule has 0 aromatic rings. The molecule has 21 heavy (non-hydrogen) atoms. The van der Waals surface area contributed by atoms with Gasteiger partial charge in [-0.3, -0.25) is 14.5 Å². The Morgan fingerprint density at radius 2 is 2.05 bits per heavy atom. The van der Waals surface area contributed by atoms with Crippen molar-refractivity contribution in [2.45, 2.75) is 51.5 Å². The Morgan fingerprint density at radius 1 is 1.24 bits per heavy atom. The van der Waals surface area contributed by atoms with Crippen LogP contribution in [0.5, 0.6) is 0 Å². The van der Waals surface area contributed by atoms with Gasteiger partial charge in [-0.2, -0.15) is 0 Å². The predicted molar refractivity (Wildman–Crippen MR) is 78.9 cm³/mol. The zero-order valence-electron chi connectivity index (χ0n) is 12.9. The third-order valence-corrected chi connectivity index (χ3v) is 5.85. The molecule has 3 atom stereocenters. The van der Waals surface area contributed by atoms with Crippen molar-refractivity contribution < 1.29 is 14.7 Å². The lowest BCUT2D eigenvalue weighted by Gasteiger charge is -2.34. The van der Waals surface area contributed by atoms with E-state index in [1.807, 2.05) is 4.90 Å². The minimum Gasteiger partial charge on any atom is -0.481 e. The summed E-state index contributed by atoms with van der Waals surface area (Å²) in [5.74, 6) is -0.240. The molecular formula is C16H26N2O3. The van der Waals surface area contributed by atoms with Crippen molar-refractivity contribution in [1.82, 2.24) is 9.80 Å². The average molecular weight is 294 g/mol.